The molecule has 2 heterocycles. The Bertz CT molecular complexity index is 941. The smallest absolute Gasteiger partial charge is 0.249 e. The topological polar surface area (TPSA) is 59.2 Å². The Morgan fingerprint density at radius 2 is 1.93 bits per heavy atom. The number of rotatable bonds is 5. The zero-order chi connectivity index (χ0) is 18.8. The summed E-state index contributed by atoms with van der Waals surface area (Å²) >= 11 is 1.67. The SMILES string of the molecule is CSc1ccc(-c2noc(C3CCC(=O)N3Cc3ccc(F)cc3)n2)cc1. The van der Waals surface area contributed by atoms with E-state index in [0.29, 0.717) is 31.1 Å². The van der Waals surface area contributed by atoms with Gasteiger partial charge in [0, 0.05) is 23.4 Å². The predicted molar refractivity (Wildman–Crippen MR) is 100 cm³/mol. The van der Waals surface area contributed by atoms with Crippen molar-refractivity contribution in [3.05, 3.63) is 65.8 Å². The van der Waals surface area contributed by atoms with Crippen LogP contribution in [0.1, 0.15) is 30.3 Å². The number of amides is 1. The van der Waals surface area contributed by atoms with Crippen molar-refractivity contribution in [1.29, 1.82) is 0 Å². The number of carbonyl (C=O) groups excluding carboxylic acids is 1. The van der Waals surface area contributed by atoms with Crippen molar-refractivity contribution < 1.29 is 13.7 Å². The van der Waals surface area contributed by atoms with E-state index < -0.39 is 0 Å². The average molecular weight is 383 g/mol. The standard InChI is InChI=1S/C20H18FN3O2S/c1-27-16-8-4-14(5-9-16)19-22-20(26-23-19)17-10-11-18(25)24(17)12-13-2-6-15(21)7-3-13/h2-9,17H,10-12H2,1H3. The Kier molecular flexibility index (Phi) is 4.94. The van der Waals surface area contributed by atoms with Gasteiger partial charge in [-0.3, -0.25) is 4.79 Å². The zero-order valence-corrected chi connectivity index (χ0v) is 15.6. The maximum atomic E-state index is 13.1. The van der Waals surface area contributed by atoms with Crippen LogP contribution in [0.25, 0.3) is 11.4 Å². The molecule has 7 heteroatoms. The fourth-order valence-electron chi connectivity index (χ4n) is 3.20. The van der Waals surface area contributed by atoms with Crippen LogP contribution in [-0.4, -0.2) is 27.2 Å². The molecule has 0 radical (unpaired) electrons. The van der Waals surface area contributed by atoms with Crippen molar-refractivity contribution in [2.75, 3.05) is 6.26 Å². The molecule has 0 saturated carbocycles. The minimum absolute atomic E-state index is 0.0356. The van der Waals surface area contributed by atoms with E-state index in [1.807, 2.05) is 30.5 Å². The number of thioether (sulfide) groups is 1. The molecule has 1 aliphatic rings. The molecule has 3 aromatic rings. The number of aromatic nitrogens is 2. The third kappa shape index (κ3) is 3.73. The summed E-state index contributed by atoms with van der Waals surface area (Å²) in [7, 11) is 0. The summed E-state index contributed by atoms with van der Waals surface area (Å²) < 4.78 is 18.6. The third-order valence-electron chi connectivity index (χ3n) is 4.67. The highest BCUT2D eigenvalue weighted by Gasteiger charge is 2.36. The third-order valence-corrected chi connectivity index (χ3v) is 5.41. The van der Waals surface area contributed by atoms with Gasteiger partial charge in [0.1, 0.15) is 11.9 Å². The van der Waals surface area contributed by atoms with Crippen molar-refractivity contribution in [3.8, 4) is 11.4 Å². The van der Waals surface area contributed by atoms with Gasteiger partial charge in [0.15, 0.2) is 0 Å². The normalized spacial score (nSPS) is 16.9. The van der Waals surface area contributed by atoms with E-state index in [-0.39, 0.29) is 17.8 Å². The van der Waals surface area contributed by atoms with E-state index in [4.69, 9.17) is 4.52 Å². The van der Waals surface area contributed by atoms with Crippen molar-refractivity contribution in [1.82, 2.24) is 15.0 Å². The van der Waals surface area contributed by atoms with Gasteiger partial charge in [-0.05, 0) is 54.6 Å². The Hall–Kier alpha value is -2.67. The lowest BCUT2D eigenvalue weighted by Gasteiger charge is -2.22. The average Bonchev–Trinajstić information content (AvgIpc) is 3.31. The van der Waals surface area contributed by atoms with Crippen LogP contribution in [0.4, 0.5) is 4.39 Å². The van der Waals surface area contributed by atoms with Gasteiger partial charge in [-0.15, -0.1) is 11.8 Å². The van der Waals surface area contributed by atoms with Crippen LogP contribution in [0.5, 0.6) is 0 Å². The lowest BCUT2D eigenvalue weighted by Crippen LogP contribution is -2.27. The summed E-state index contributed by atoms with van der Waals surface area (Å²) in [6, 6.07) is 13.8. The molecule has 4 rings (SSSR count). The molecule has 27 heavy (non-hydrogen) atoms. The molecule has 1 amide bonds. The van der Waals surface area contributed by atoms with E-state index >= 15 is 0 Å². The second-order valence-corrected chi connectivity index (χ2v) is 7.27. The van der Waals surface area contributed by atoms with Gasteiger partial charge in [-0.2, -0.15) is 4.98 Å². The minimum atomic E-state index is -0.294. The molecule has 1 unspecified atom stereocenters. The summed E-state index contributed by atoms with van der Waals surface area (Å²) in [5.74, 6) is 0.691. The highest BCUT2D eigenvalue weighted by atomic mass is 32.2. The maximum absolute atomic E-state index is 13.1. The second kappa shape index (κ2) is 7.52. The minimum Gasteiger partial charge on any atom is -0.337 e. The van der Waals surface area contributed by atoms with Gasteiger partial charge in [-0.1, -0.05) is 17.3 Å². The van der Waals surface area contributed by atoms with E-state index in [9.17, 15) is 9.18 Å². The first kappa shape index (κ1) is 17.7. The second-order valence-electron chi connectivity index (χ2n) is 6.39. The van der Waals surface area contributed by atoms with Crippen molar-refractivity contribution >= 4 is 17.7 Å². The molecular weight excluding hydrogens is 365 g/mol. The molecule has 138 valence electrons. The van der Waals surface area contributed by atoms with Crippen LogP contribution < -0.4 is 0 Å². The summed E-state index contributed by atoms with van der Waals surface area (Å²) in [6.45, 7) is 0.393. The highest BCUT2D eigenvalue weighted by molar-refractivity contribution is 7.98. The molecule has 0 spiro atoms. The molecule has 1 saturated heterocycles. The van der Waals surface area contributed by atoms with Crippen LogP contribution in [0.15, 0.2) is 57.9 Å². The molecule has 1 fully saturated rings. The zero-order valence-electron chi connectivity index (χ0n) is 14.8. The molecule has 1 atom stereocenters. The first-order valence-electron chi connectivity index (χ1n) is 8.66. The van der Waals surface area contributed by atoms with Gasteiger partial charge < -0.3 is 9.42 Å². The molecular formula is C20H18FN3O2S. The van der Waals surface area contributed by atoms with Gasteiger partial charge in [-0.25, -0.2) is 4.39 Å². The first-order chi connectivity index (χ1) is 13.1. The lowest BCUT2D eigenvalue weighted by atomic mass is 10.1. The van der Waals surface area contributed by atoms with Gasteiger partial charge in [0.25, 0.3) is 0 Å². The molecule has 0 bridgehead atoms. The van der Waals surface area contributed by atoms with E-state index in [2.05, 4.69) is 10.1 Å². The summed E-state index contributed by atoms with van der Waals surface area (Å²) in [6.07, 6.45) is 3.09. The Morgan fingerprint density at radius 1 is 1.19 bits per heavy atom. The fourth-order valence-corrected chi connectivity index (χ4v) is 3.61. The van der Waals surface area contributed by atoms with Crippen molar-refractivity contribution in [2.24, 2.45) is 0 Å². The number of likely N-dealkylation sites (tertiary alicyclic amines) is 1. The van der Waals surface area contributed by atoms with Gasteiger partial charge >= 0.3 is 0 Å². The van der Waals surface area contributed by atoms with E-state index in [0.717, 1.165) is 16.0 Å². The number of hydrogen-bond acceptors (Lipinski definition) is 5. The monoisotopic (exact) mass is 383 g/mol. The summed E-state index contributed by atoms with van der Waals surface area (Å²) in [5.41, 5.74) is 1.74. The summed E-state index contributed by atoms with van der Waals surface area (Å²) in [4.78, 5) is 19.7. The maximum Gasteiger partial charge on any atom is 0.249 e. The van der Waals surface area contributed by atoms with Crippen LogP contribution in [0, 0.1) is 5.82 Å². The van der Waals surface area contributed by atoms with Crippen LogP contribution >= 0.6 is 11.8 Å². The highest BCUT2D eigenvalue weighted by Crippen LogP contribution is 2.34. The molecule has 1 aliphatic heterocycles. The van der Waals surface area contributed by atoms with Crippen LogP contribution in [-0.2, 0) is 11.3 Å². The Labute approximate surface area is 160 Å². The quantitative estimate of drug-likeness (QED) is 0.609. The first-order valence-corrected chi connectivity index (χ1v) is 9.88. The lowest BCUT2D eigenvalue weighted by molar-refractivity contribution is -0.129. The number of benzene rings is 2. The predicted octanol–water partition coefficient (Wildman–Crippen LogP) is 4.46. The van der Waals surface area contributed by atoms with Crippen LogP contribution in [0.3, 0.4) is 0 Å². The number of hydrogen-bond donors (Lipinski definition) is 0. The van der Waals surface area contributed by atoms with Gasteiger partial charge in [0.2, 0.25) is 17.6 Å². The molecule has 0 N–H and O–H groups in total. The Balaban J connectivity index is 1.55. The number of halogens is 1. The number of nitrogens with zero attached hydrogens (tertiary/aromatic N) is 3. The molecule has 2 aromatic carbocycles. The van der Waals surface area contributed by atoms with Crippen molar-refractivity contribution in [3.63, 3.8) is 0 Å². The molecule has 5 nitrogen and oxygen atoms in total. The molecule has 0 aliphatic carbocycles. The summed E-state index contributed by atoms with van der Waals surface area (Å²) in [5, 5.41) is 4.08. The fraction of sp³-hybridized carbons (Fsp3) is 0.250. The Morgan fingerprint density at radius 3 is 2.63 bits per heavy atom. The van der Waals surface area contributed by atoms with Crippen LogP contribution in [0.2, 0.25) is 0 Å². The number of carbonyl (C=O) groups is 1. The molecule has 1 aromatic heterocycles. The largest absolute Gasteiger partial charge is 0.337 e. The van der Waals surface area contributed by atoms with Crippen molar-refractivity contribution in [2.45, 2.75) is 30.3 Å². The van der Waals surface area contributed by atoms with Gasteiger partial charge in [0.05, 0.1) is 0 Å². The van der Waals surface area contributed by atoms with E-state index in [1.54, 1.807) is 28.8 Å². The van der Waals surface area contributed by atoms with E-state index in [1.165, 1.54) is 12.1 Å².